The monoisotopic (exact) mass is 552 g/mol. The lowest BCUT2D eigenvalue weighted by Gasteiger charge is -2.38. The van der Waals surface area contributed by atoms with Gasteiger partial charge in [-0.3, -0.25) is 9.39 Å². The van der Waals surface area contributed by atoms with Crippen molar-refractivity contribution in [3.63, 3.8) is 0 Å². The maximum atomic E-state index is 13.3. The van der Waals surface area contributed by atoms with Crippen LogP contribution in [0.1, 0.15) is 54.0 Å². The molecule has 0 aliphatic rings. The fourth-order valence-corrected chi connectivity index (χ4v) is 4.53. The van der Waals surface area contributed by atoms with E-state index < -0.39 is 39.0 Å². The van der Waals surface area contributed by atoms with Crippen molar-refractivity contribution < 1.29 is 32.7 Å². The fourth-order valence-electron chi connectivity index (χ4n) is 2.81. The van der Waals surface area contributed by atoms with Gasteiger partial charge in [-0.2, -0.15) is 4.21 Å². The molecule has 3 N–H and O–H groups in total. The molecule has 0 bridgehead atoms. The molecule has 2 rings (SSSR count). The summed E-state index contributed by atoms with van der Waals surface area (Å²) in [6.45, 7) is 11.5. The molecule has 2 aromatic rings. The molecule has 1 atom stereocenters. The van der Waals surface area contributed by atoms with Gasteiger partial charge in [-0.1, -0.05) is 33.0 Å². The molecule has 0 saturated carbocycles. The summed E-state index contributed by atoms with van der Waals surface area (Å²) in [4.78, 5) is 30.0. The third kappa shape index (κ3) is 8.76. The number of hydroxylamine groups is 2. The predicted molar refractivity (Wildman–Crippen MR) is 141 cm³/mol. The molecule has 0 spiro atoms. The third-order valence-electron chi connectivity index (χ3n) is 4.49. The van der Waals surface area contributed by atoms with Crippen LogP contribution >= 0.6 is 11.6 Å². The smallest absolute Gasteiger partial charge is 0.442 e. The average Bonchev–Trinajstić information content (AvgIpc) is 2.73. The number of benzene rings is 2. The maximum absolute atomic E-state index is 13.3. The molecule has 0 radical (unpaired) electrons. The highest BCUT2D eigenvalue weighted by molar-refractivity contribution is 8.13. The Labute approximate surface area is 222 Å². The minimum absolute atomic E-state index is 0.0124. The molecule has 0 fully saturated rings. The third-order valence-corrected chi connectivity index (χ3v) is 7.11. The molecule has 2 aromatic carbocycles. The molecule has 0 aliphatic carbocycles. The molecule has 0 heterocycles. The molecule has 37 heavy (non-hydrogen) atoms. The molecule has 11 heteroatoms. The number of nitrogens with zero attached hydrogens (tertiary/aromatic N) is 1. The second-order valence-electron chi connectivity index (χ2n) is 10.2. The van der Waals surface area contributed by atoms with Crippen LogP contribution in [0, 0.1) is 11.8 Å². The Hall–Kier alpha value is -3.10. The summed E-state index contributed by atoms with van der Waals surface area (Å²) in [6.07, 6.45) is -2.02. The normalized spacial score (nSPS) is 13.7. The van der Waals surface area contributed by atoms with E-state index in [4.69, 9.17) is 31.1 Å². The van der Waals surface area contributed by atoms with Gasteiger partial charge in [0.15, 0.2) is 0 Å². The van der Waals surface area contributed by atoms with Gasteiger partial charge in [0.1, 0.15) is 17.2 Å². The van der Waals surface area contributed by atoms with E-state index in [9.17, 15) is 18.4 Å². The molecule has 1 unspecified atom stereocenters. The van der Waals surface area contributed by atoms with Gasteiger partial charge in [0.05, 0.1) is 9.79 Å². The summed E-state index contributed by atoms with van der Waals surface area (Å²) < 4.78 is 34.6. The number of carbonyl (C=O) groups is 2. The minimum atomic E-state index is -4.84. The summed E-state index contributed by atoms with van der Waals surface area (Å²) in [5.41, 5.74) is -1.24. The zero-order chi connectivity index (χ0) is 28.3. The van der Waals surface area contributed by atoms with E-state index in [0.29, 0.717) is 15.6 Å². The highest BCUT2D eigenvalue weighted by Gasteiger charge is 2.31. The van der Waals surface area contributed by atoms with E-state index in [0.717, 1.165) is 0 Å². The van der Waals surface area contributed by atoms with Crippen LogP contribution in [-0.4, -0.2) is 43.3 Å². The molecule has 202 valence electrons. The first-order chi connectivity index (χ1) is 16.8. The number of amides is 1. The minimum Gasteiger partial charge on any atom is -0.442 e. The Morgan fingerprint density at radius 1 is 0.946 bits per heavy atom. The molecule has 0 aromatic heterocycles. The highest BCUT2D eigenvalue weighted by atomic mass is 35.5. The van der Waals surface area contributed by atoms with Crippen molar-refractivity contribution >= 4 is 33.4 Å². The number of rotatable bonds is 3. The van der Waals surface area contributed by atoms with Crippen molar-refractivity contribution in [2.75, 3.05) is 0 Å². The number of carbonyl (C=O) groups excluding carboxylic acids is 2. The largest absolute Gasteiger partial charge is 0.534 e. The average molecular weight is 553 g/mol. The zero-order valence-electron chi connectivity index (χ0n) is 21.9. The summed E-state index contributed by atoms with van der Waals surface area (Å²) in [5, 5.41) is 7.05. The summed E-state index contributed by atoms with van der Waals surface area (Å²) in [6, 6.07) is 10.6. The summed E-state index contributed by atoms with van der Waals surface area (Å²) in [7, 11) is -4.84. The van der Waals surface area contributed by atoms with Crippen LogP contribution < -0.4 is 5.14 Å². The second-order valence-corrected chi connectivity index (χ2v) is 13.6. The molecule has 0 aliphatic heterocycles. The van der Waals surface area contributed by atoms with E-state index in [1.54, 1.807) is 41.5 Å². The van der Waals surface area contributed by atoms with E-state index in [1.165, 1.54) is 55.5 Å². The highest BCUT2D eigenvalue weighted by Crippen LogP contribution is 2.35. The Morgan fingerprint density at radius 3 is 1.86 bits per heavy atom. The lowest BCUT2D eigenvalue weighted by atomic mass is 10.2. The first-order valence-electron chi connectivity index (χ1n) is 11.3. The van der Waals surface area contributed by atoms with Crippen molar-refractivity contribution in [1.29, 1.82) is 0 Å². The Balaban J connectivity index is 2.29. The first kappa shape index (κ1) is 30.1. The van der Waals surface area contributed by atoms with Gasteiger partial charge in [-0.05, 0) is 97.0 Å². The number of hydrogen-bond acceptors (Lipinski definition) is 6. The SMILES string of the molecule is CC(C#Cc1ccc(S(N)(=O)(O)c2ccc(Cl)cc2)cc1)N(OC(=O)OC(C)(C)C)C(=O)OC(C)(C)C. The van der Waals surface area contributed by atoms with Crippen molar-refractivity contribution in [1.82, 2.24) is 5.06 Å². The van der Waals surface area contributed by atoms with Gasteiger partial charge < -0.3 is 9.47 Å². The topological polar surface area (TPSA) is 128 Å². The lowest BCUT2D eigenvalue weighted by Crippen LogP contribution is -2.44. The van der Waals surface area contributed by atoms with Crippen molar-refractivity contribution in [2.45, 2.75) is 75.5 Å². The maximum Gasteiger partial charge on any atom is 0.534 e. The number of ether oxygens (including phenoxy) is 2. The lowest BCUT2D eigenvalue weighted by molar-refractivity contribution is -0.144. The van der Waals surface area contributed by atoms with Gasteiger partial charge in [-0.25, -0.2) is 14.7 Å². The van der Waals surface area contributed by atoms with Crippen LogP contribution in [0.2, 0.25) is 5.02 Å². The number of nitrogens with two attached hydrogens (primary N) is 1. The van der Waals surface area contributed by atoms with Crippen molar-refractivity contribution in [2.24, 2.45) is 5.14 Å². The van der Waals surface area contributed by atoms with E-state index in [1.807, 2.05) is 0 Å². The molecular formula is C26H33ClN2O7S. The van der Waals surface area contributed by atoms with Gasteiger partial charge in [0.2, 0.25) is 0 Å². The van der Waals surface area contributed by atoms with Gasteiger partial charge >= 0.3 is 12.2 Å². The standard InChI is InChI=1S/C26H33ClN2O7S/c1-18(29(23(30)34-25(2,3)4)36-24(31)35-26(5,6)7)8-9-19-10-14-21(15-11-19)37(28,32,33)22-16-12-20(27)13-17-22/h10-18H,1-7H3,(H3,28,32,33). The number of hydrogen-bond donors (Lipinski definition) is 2. The van der Waals surface area contributed by atoms with Crippen LogP contribution in [0.5, 0.6) is 0 Å². The summed E-state index contributed by atoms with van der Waals surface area (Å²) >= 11 is 5.87. The predicted octanol–water partition coefficient (Wildman–Crippen LogP) is 5.77. The van der Waals surface area contributed by atoms with E-state index in [2.05, 4.69) is 11.8 Å². The quantitative estimate of drug-likeness (QED) is 0.281. The second kappa shape index (κ2) is 10.7. The summed E-state index contributed by atoms with van der Waals surface area (Å²) in [5.74, 6) is 5.65. The van der Waals surface area contributed by atoms with Crippen molar-refractivity contribution in [3.8, 4) is 11.8 Å². The molecular weight excluding hydrogens is 520 g/mol. The number of halogens is 1. The van der Waals surface area contributed by atoms with Gasteiger partial charge in [0.25, 0.3) is 0 Å². The van der Waals surface area contributed by atoms with E-state index in [-0.39, 0.29) is 9.79 Å². The van der Waals surface area contributed by atoms with E-state index >= 15 is 0 Å². The zero-order valence-corrected chi connectivity index (χ0v) is 23.5. The Morgan fingerprint density at radius 2 is 1.41 bits per heavy atom. The fraction of sp³-hybridized carbons (Fsp3) is 0.385. The Kier molecular flexibility index (Phi) is 8.72. The van der Waals surface area contributed by atoms with Crippen LogP contribution in [0.25, 0.3) is 0 Å². The first-order valence-corrected chi connectivity index (χ1v) is 13.6. The van der Waals surface area contributed by atoms with Crippen LogP contribution in [0.4, 0.5) is 9.59 Å². The van der Waals surface area contributed by atoms with Crippen LogP contribution in [-0.2, 0) is 23.8 Å². The molecule has 0 saturated heterocycles. The van der Waals surface area contributed by atoms with Gasteiger partial charge in [-0.15, -0.1) is 5.06 Å². The van der Waals surface area contributed by atoms with Gasteiger partial charge in [0, 0.05) is 10.6 Å². The molecule has 9 nitrogen and oxygen atoms in total. The van der Waals surface area contributed by atoms with Crippen LogP contribution in [0.3, 0.4) is 0 Å². The Bertz CT molecular complexity index is 1260. The van der Waals surface area contributed by atoms with Crippen LogP contribution in [0.15, 0.2) is 58.3 Å². The molecule has 1 amide bonds. The van der Waals surface area contributed by atoms with Crippen molar-refractivity contribution in [3.05, 3.63) is 59.1 Å².